The van der Waals surface area contributed by atoms with Gasteiger partial charge in [-0.05, 0) is 23.8 Å². The van der Waals surface area contributed by atoms with Crippen molar-refractivity contribution in [2.75, 3.05) is 13.6 Å². The first-order valence-electron chi connectivity index (χ1n) is 8.33. The number of rotatable bonds is 6. The molecule has 1 aromatic heterocycles. The second kappa shape index (κ2) is 8.14. The van der Waals surface area contributed by atoms with Gasteiger partial charge in [0.15, 0.2) is 11.4 Å². The van der Waals surface area contributed by atoms with Gasteiger partial charge in [0.2, 0.25) is 0 Å². The van der Waals surface area contributed by atoms with Crippen molar-refractivity contribution in [1.29, 1.82) is 0 Å². The molecule has 0 bridgehead atoms. The molecule has 0 aliphatic heterocycles. The molecule has 0 unspecified atom stereocenters. The second-order valence-electron chi connectivity index (χ2n) is 6.14. The number of carbonyl (C=O) groups excluding carboxylic acids is 1. The van der Waals surface area contributed by atoms with Crippen LogP contribution in [-0.4, -0.2) is 45.6 Å². The molecule has 1 amide bonds. The summed E-state index contributed by atoms with van der Waals surface area (Å²) in [5.41, 5.74) is 0.659. The molecule has 28 heavy (non-hydrogen) atoms. The Labute approximate surface area is 165 Å². The molecular weight excluding hydrogens is 384 g/mol. The van der Waals surface area contributed by atoms with Crippen LogP contribution in [0.25, 0.3) is 10.8 Å². The van der Waals surface area contributed by atoms with E-state index in [2.05, 4.69) is 4.98 Å². The van der Waals surface area contributed by atoms with Gasteiger partial charge in [0, 0.05) is 17.8 Å². The van der Waals surface area contributed by atoms with Gasteiger partial charge in [-0.1, -0.05) is 41.9 Å². The Morgan fingerprint density at radius 2 is 1.86 bits per heavy atom. The number of aromatic nitrogens is 1. The van der Waals surface area contributed by atoms with Crippen LogP contribution >= 0.6 is 11.6 Å². The summed E-state index contributed by atoms with van der Waals surface area (Å²) in [6, 6.07) is 14.5. The number of carboxylic acid groups (broad SMARTS) is 1. The average molecular weight is 401 g/mol. The molecule has 2 N–H and O–H groups in total. The largest absolute Gasteiger partial charge is 0.505 e. The van der Waals surface area contributed by atoms with Crippen LogP contribution in [0.2, 0.25) is 5.15 Å². The van der Waals surface area contributed by atoms with E-state index in [-0.39, 0.29) is 22.0 Å². The number of ether oxygens (including phenoxy) is 1. The lowest BCUT2D eigenvalue weighted by molar-refractivity contribution is -0.137. The molecule has 144 valence electrons. The van der Waals surface area contributed by atoms with Crippen molar-refractivity contribution < 1.29 is 24.5 Å². The number of hydrogen-bond acceptors (Lipinski definition) is 5. The third kappa shape index (κ3) is 4.15. The fraction of sp³-hybridized carbons (Fsp3) is 0.150. The number of nitrogens with zero attached hydrogens (tertiary/aromatic N) is 2. The first-order chi connectivity index (χ1) is 13.4. The number of carbonyl (C=O) groups is 2. The fourth-order valence-corrected chi connectivity index (χ4v) is 2.92. The summed E-state index contributed by atoms with van der Waals surface area (Å²) in [5, 5.41) is 20.2. The maximum Gasteiger partial charge on any atom is 0.323 e. The zero-order valence-electron chi connectivity index (χ0n) is 14.9. The summed E-state index contributed by atoms with van der Waals surface area (Å²) >= 11 is 6.16. The fourth-order valence-electron chi connectivity index (χ4n) is 2.67. The Bertz CT molecular complexity index is 1040. The van der Waals surface area contributed by atoms with E-state index in [1.807, 2.05) is 30.3 Å². The summed E-state index contributed by atoms with van der Waals surface area (Å²) in [5.74, 6) is -1.84. The number of fused-ring (bicyclic) bond motifs is 1. The van der Waals surface area contributed by atoms with Crippen molar-refractivity contribution in [3.63, 3.8) is 0 Å². The van der Waals surface area contributed by atoms with Crippen molar-refractivity contribution in [3.8, 4) is 11.5 Å². The molecule has 7 nitrogen and oxygen atoms in total. The van der Waals surface area contributed by atoms with Gasteiger partial charge in [-0.3, -0.25) is 9.59 Å². The summed E-state index contributed by atoms with van der Waals surface area (Å²) in [7, 11) is 1.30. The zero-order valence-corrected chi connectivity index (χ0v) is 15.7. The monoisotopic (exact) mass is 400 g/mol. The topological polar surface area (TPSA) is 100.0 Å². The highest BCUT2D eigenvalue weighted by Gasteiger charge is 2.23. The molecule has 8 heteroatoms. The van der Waals surface area contributed by atoms with E-state index in [4.69, 9.17) is 21.4 Å². The molecule has 3 rings (SSSR count). The van der Waals surface area contributed by atoms with Crippen LogP contribution in [0.1, 0.15) is 16.1 Å². The van der Waals surface area contributed by atoms with Crippen molar-refractivity contribution in [3.05, 3.63) is 64.9 Å². The highest BCUT2D eigenvalue weighted by molar-refractivity contribution is 6.35. The van der Waals surface area contributed by atoms with Crippen molar-refractivity contribution in [2.45, 2.75) is 6.61 Å². The van der Waals surface area contributed by atoms with Gasteiger partial charge < -0.3 is 19.8 Å². The van der Waals surface area contributed by atoms with E-state index in [0.717, 1.165) is 10.5 Å². The van der Waals surface area contributed by atoms with Gasteiger partial charge in [0.1, 0.15) is 24.1 Å². The summed E-state index contributed by atoms with van der Waals surface area (Å²) in [6.45, 7) is -0.200. The Morgan fingerprint density at radius 3 is 2.54 bits per heavy atom. The third-order valence-electron chi connectivity index (χ3n) is 4.07. The number of carboxylic acids is 1. The Hall–Kier alpha value is -3.32. The number of likely N-dealkylation sites (N-methyl/N-ethyl adjacent to an activating group) is 1. The van der Waals surface area contributed by atoms with E-state index < -0.39 is 18.4 Å². The lowest BCUT2D eigenvalue weighted by Crippen LogP contribution is -2.32. The normalized spacial score (nSPS) is 10.6. The minimum absolute atomic E-state index is 0.0227. The second-order valence-corrected chi connectivity index (χ2v) is 6.49. The molecule has 0 atom stereocenters. The van der Waals surface area contributed by atoms with E-state index in [1.165, 1.54) is 7.05 Å². The summed E-state index contributed by atoms with van der Waals surface area (Å²) in [6.07, 6.45) is 0. The number of halogens is 1. The first kappa shape index (κ1) is 19.4. The van der Waals surface area contributed by atoms with Gasteiger partial charge in [-0.25, -0.2) is 4.98 Å². The zero-order chi connectivity index (χ0) is 20.3. The number of aromatic hydroxyl groups is 1. The maximum atomic E-state index is 12.4. The lowest BCUT2D eigenvalue weighted by atomic mass is 10.1. The molecule has 0 saturated heterocycles. The standard InChI is InChI=1S/C20H17ClN2O5/c1-23(10-16(24)25)20(27)17-18(26)15-9-13(7-8-14(15)19(21)22-17)28-11-12-5-3-2-4-6-12/h2-9,26H,10-11H2,1H3,(H,24,25). The molecule has 2 aromatic carbocycles. The van der Waals surface area contributed by atoms with Gasteiger partial charge >= 0.3 is 5.97 Å². The highest BCUT2D eigenvalue weighted by atomic mass is 35.5. The molecule has 3 aromatic rings. The minimum Gasteiger partial charge on any atom is -0.505 e. The quantitative estimate of drug-likeness (QED) is 0.615. The summed E-state index contributed by atoms with van der Waals surface area (Å²) < 4.78 is 5.75. The first-order valence-corrected chi connectivity index (χ1v) is 8.71. The van der Waals surface area contributed by atoms with Crippen molar-refractivity contribution in [2.24, 2.45) is 0 Å². The Morgan fingerprint density at radius 1 is 1.14 bits per heavy atom. The minimum atomic E-state index is -1.18. The van der Waals surface area contributed by atoms with Crippen LogP contribution < -0.4 is 4.74 Å². The molecule has 0 radical (unpaired) electrons. The van der Waals surface area contributed by atoms with Crippen LogP contribution in [-0.2, 0) is 11.4 Å². The van der Waals surface area contributed by atoms with Gasteiger partial charge in [0.05, 0.1) is 0 Å². The predicted octanol–water partition coefficient (Wildman–Crippen LogP) is 3.33. The number of aliphatic carboxylic acids is 1. The predicted molar refractivity (Wildman–Crippen MR) is 104 cm³/mol. The van der Waals surface area contributed by atoms with Crippen molar-refractivity contribution >= 4 is 34.2 Å². The smallest absolute Gasteiger partial charge is 0.323 e. The molecule has 0 aliphatic carbocycles. The molecule has 0 spiro atoms. The van der Waals surface area contributed by atoms with Crippen LogP contribution in [0.5, 0.6) is 11.5 Å². The van der Waals surface area contributed by atoms with E-state index in [1.54, 1.807) is 18.2 Å². The Kier molecular flexibility index (Phi) is 5.65. The number of pyridine rings is 1. The van der Waals surface area contributed by atoms with Crippen molar-refractivity contribution in [1.82, 2.24) is 9.88 Å². The van der Waals surface area contributed by atoms with Gasteiger partial charge in [0.25, 0.3) is 5.91 Å². The van der Waals surface area contributed by atoms with Crippen LogP contribution in [0.15, 0.2) is 48.5 Å². The lowest BCUT2D eigenvalue weighted by Gasteiger charge is -2.16. The van der Waals surface area contributed by atoms with Crippen LogP contribution in [0.4, 0.5) is 0 Å². The molecule has 0 saturated carbocycles. The van der Waals surface area contributed by atoms with Crippen LogP contribution in [0, 0.1) is 0 Å². The van der Waals surface area contributed by atoms with Gasteiger partial charge in [-0.15, -0.1) is 0 Å². The Balaban J connectivity index is 1.94. The van der Waals surface area contributed by atoms with E-state index in [0.29, 0.717) is 17.7 Å². The van der Waals surface area contributed by atoms with Gasteiger partial charge in [-0.2, -0.15) is 0 Å². The summed E-state index contributed by atoms with van der Waals surface area (Å²) in [4.78, 5) is 28.1. The van der Waals surface area contributed by atoms with E-state index >= 15 is 0 Å². The number of benzene rings is 2. The number of amides is 1. The molecule has 0 fully saturated rings. The van der Waals surface area contributed by atoms with E-state index in [9.17, 15) is 14.7 Å². The van der Waals surface area contributed by atoms with Crippen LogP contribution in [0.3, 0.4) is 0 Å². The molecular formula is C20H17ClN2O5. The SMILES string of the molecule is CN(CC(=O)O)C(=O)c1nc(Cl)c2ccc(OCc3ccccc3)cc2c1O. The highest BCUT2D eigenvalue weighted by Crippen LogP contribution is 2.35. The number of hydrogen-bond donors (Lipinski definition) is 2. The molecule has 0 aliphatic rings. The molecule has 1 heterocycles. The maximum absolute atomic E-state index is 12.4. The average Bonchev–Trinajstić information content (AvgIpc) is 2.68. The third-order valence-corrected chi connectivity index (χ3v) is 4.36.